The third-order valence-electron chi connectivity index (χ3n) is 6.34. The van der Waals surface area contributed by atoms with Gasteiger partial charge in [0.15, 0.2) is 0 Å². The van der Waals surface area contributed by atoms with Crippen molar-refractivity contribution >= 4 is 0 Å². The average molecular weight is 270 g/mol. The lowest BCUT2D eigenvalue weighted by molar-refractivity contribution is -0.179. The van der Waals surface area contributed by atoms with E-state index in [1.807, 2.05) is 0 Å². The van der Waals surface area contributed by atoms with E-state index < -0.39 is 5.60 Å². The molecule has 0 radical (unpaired) electrons. The van der Waals surface area contributed by atoms with Crippen LogP contribution in [0.4, 0.5) is 0 Å². The summed E-state index contributed by atoms with van der Waals surface area (Å²) in [6.45, 7) is 2.22. The summed E-state index contributed by atoms with van der Waals surface area (Å²) < 4.78 is 0. The summed E-state index contributed by atoms with van der Waals surface area (Å²) >= 11 is 0. The minimum absolute atomic E-state index is 0.516. The lowest BCUT2D eigenvalue weighted by atomic mass is 9.48. The Bertz CT molecular complexity index is 459. The van der Waals surface area contributed by atoms with E-state index in [4.69, 9.17) is 0 Å². The number of aryl methyl sites for hydroxylation is 1. The van der Waals surface area contributed by atoms with Crippen molar-refractivity contribution in [1.82, 2.24) is 0 Å². The van der Waals surface area contributed by atoms with Crippen molar-refractivity contribution in [2.45, 2.75) is 57.5 Å². The summed E-state index contributed by atoms with van der Waals surface area (Å²) in [7, 11) is 0. The topological polar surface area (TPSA) is 20.2 Å². The molecule has 4 fully saturated rings. The standard InChI is InChI=1S/C19H26O/c1-2-3-13-4-6-16(7-5-13)19(20)17-9-14-8-15(11-17)12-18(19)10-14/h4-7,14-15,17-18,20H,2-3,8-12H2,1H3. The van der Waals surface area contributed by atoms with Gasteiger partial charge in [-0.3, -0.25) is 0 Å². The van der Waals surface area contributed by atoms with Crippen LogP contribution in [0.1, 0.15) is 56.6 Å². The summed E-state index contributed by atoms with van der Waals surface area (Å²) in [5.74, 6) is 2.88. The van der Waals surface area contributed by atoms with Crippen molar-refractivity contribution in [3.05, 3.63) is 35.4 Å². The van der Waals surface area contributed by atoms with Crippen LogP contribution in [-0.2, 0) is 12.0 Å². The molecular formula is C19H26O. The SMILES string of the molecule is CCCc1ccc(C2(O)C3CC4CC(C3)CC2C4)cc1. The second-order valence-corrected chi connectivity index (χ2v) is 7.58. The van der Waals surface area contributed by atoms with Crippen LogP contribution in [0.3, 0.4) is 0 Å². The molecule has 4 saturated carbocycles. The van der Waals surface area contributed by atoms with Gasteiger partial charge >= 0.3 is 0 Å². The van der Waals surface area contributed by atoms with Crippen LogP contribution in [0, 0.1) is 23.7 Å². The van der Waals surface area contributed by atoms with E-state index in [1.165, 1.54) is 49.7 Å². The van der Waals surface area contributed by atoms with Crippen LogP contribution in [-0.4, -0.2) is 5.11 Å². The lowest BCUT2D eigenvalue weighted by Crippen LogP contribution is -2.55. The molecule has 0 atom stereocenters. The summed E-state index contributed by atoms with van der Waals surface area (Å²) in [6, 6.07) is 8.91. The molecule has 0 amide bonds. The molecule has 1 aromatic rings. The van der Waals surface area contributed by atoms with Gasteiger partial charge in [0.2, 0.25) is 0 Å². The molecule has 0 aliphatic heterocycles. The molecule has 4 aliphatic rings. The molecule has 0 aromatic heterocycles. The highest BCUT2D eigenvalue weighted by atomic mass is 16.3. The normalized spacial score (nSPS) is 42.1. The van der Waals surface area contributed by atoms with E-state index in [-0.39, 0.29) is 0 Å². The molecule has 0 heterocycles. The highest BCUT2D eigenvalue weighted by molar-refractivity contribution is 5.31. The van der Waals surface area contributed by atoms with Crippen LogP contribution in [0.25, 0.3) is 0 Å². The fourth-order valence-electron chi connectivity index (χ4n) is 5.60. The van der Waals surface area contributed by atoms with Crippen molar-refractivity contribution in [1.29, 1.82) is 0 Å². The first-order valence-electron chi connectivity index (χ1n) is 8.52. The third kappa shape index (κ3) is 1.79. The number of aliphatic hydroxyl groups is 1. The molecule has 0 saturated heterocycles. The van der Waals surface area contributed by atoms with E-state index >= 15 is 0 Å². The van der Waals surface area contributed by atoms with Gasteiger partial charge in [-0.05, 0) is 73.3 Å². The summed E-state index contributed by atoms with van der Waals surface area (Å²) in [4.78, 5) is 0. The Kier molecular flexibility index (Phi) is 2.96. The maximum absolute atomic E-state index is 11.5. The van der Waals surface area contributed by atoms with Crippen molar-refractivity contribution in [3.63, 3.8) is 0 Å². The van der Waals surface area contributed by atoms with E-state index in [9.17, 15) is 5.11 Å². The molecule has 1 heteroatoms. The highest BCUT2D eigenvalue weighted by Crippen LogP contribution is 2.61. The highest BCUT2D eigenvalue weighted by Gasteiger charge is 2.57. The van der Waals surface area contributed by atoms with Gasteiger partial charge in [0, 0.05) is 0 Å². The molecule has 0 unspecified atom stereocenters. The Morgan fingerprint density at radius 3 is 2.00 bits per heavy atom. The van der Waals surface area contributed by atoms with Gasteiger partial charge in [0.1, 0.15) is 0 Å². The largest absolute Gasteiger partial charge is 0.385 e. The predicted molar refractivity (Wildman–Crippen MR) is 81.4 cm³/mol. The first-order chi connectivity index (χ1) is 9.70. The van der Waals surface area contributed by atoms with Crippen molar-refractivity contribution < 1.29 is 5.11 Å². The molecular weight excluding hydrogens is 244 g/mol. The van der Waals surface area contributed by atoms with Crippen LogP contribution >= 0.6 is 0 Å². The Morgan fingerprint density at radius 1 is 0.950 bits per heavy atom. The van der Waals surface area contributed by atoms with Gasteiger partial charge in [-0.15, -0.1) is 0 Å². The molecule has 5 rings (SSSR count). The Balaban J connectivity index is 1.66. The number of rotatable bonds is 3. The smallest absolute Gasteiger partial charge is 0.0952 e. The molecule has 20 heavy (non-hydrogen) atoms. The van der Waals surface area contributed by atoms with E-state index in [0.717, 1.165) is 18.3 Å². The second kappa shape index (κ2) is 4.59. The zero-order valence-corrected chi connectivity index (χ0v) is 12.5. The van der Waals surface area contributed by atoms with Gasteiger partial charge in [-0.25, -0.2) is 0 Å². The maximum Gasteiger partial charge on any atom is 0.0952 e. The lowest BCUT2D eigenvalue weighted by Gasteiger charge is -2.59. The van der Waals surface area contributed by atoms with Crippen LogP contribution in [0.2, 0.25) is 0 Å². The van der Waals surface area contributed by atoms with Gasteiger partial charge in [0.25, 0.3) is 0 Å². The first kappa shape index (κ1) is 12.9. The van der Waals surface area contributed by atoms with Gasteiger partial charge in [-0.1, -0.05) is 37.6 Å². The molecule has 108 valence electrons. The van der Waals surface area contributed by atoms with Crippen LogP contribution in [0.5, 0.6) is 0 Å². The minimum atomic E-state index is -0.516. The predicted octanol–water partition coefficient (Wildman–Crippen LogP) is 4.28. The van der Waals surface area contributed by atoms with Gasteiger partial charge in [0.05, 0.1) is 5.60 Å². The number of hydrogen-bond donors (Lipinski definition) is 1. The summed E-state index contributed by atoms with van der Waals surface area (Å²) in [5, 5.41) is 11.5. The van der Waals surface area contributed by atoms with Crippen molar-refractivity contribution in [2.24, 2.45) is 23.7 Å². The number of benzene rings is 1. The van der Waals surface area contributed by atoms with E-state index in [2.05, 4.69) is 31.2 Å². The molecule has 1 N–H and O–H groups in total. The molecule has 1 nitrogen and oxygen atoms in total. The van der Waals surface area contributed by atoms with Gasteiger partial charge in [-0.2, -0.15) is 0 Å². The Labute approximate surface area is 122 Å². The Hall–Kier alpha value is -0.820. The quantitative estimate of drug-likeness (QED) is 0.869. The zero-order valence-electron chi connectivity index (χ0n) is 12.5. The van der Waals surface area contributed by atoms with Gasteiger partial charge < -0.3 is 5.11 Å². The maximum atomic E-state index is 11.5. The average Bonchev–Trinajstić information content (AvgIpc) is 2.45. The summed E-state index contributed by atoms with van der Waals surface area (Å²) in [5.41, 5.74) is 2.09. The molecule has 4 aliphatic carbocycles. The first-order valence-corrected chi connectivity index (χ1v) is 8.52. The van der Waals surface area contributed by atoms with Crippen molar-refractivity contribution in [2.75, 3.05) is 0 Å². The number of hydrogen-bond acceptors (Lipinski definition) is 1. The van der Waals surface area contributed by atoms with Crippen LogP contribution < -0.4 is 0 Å². The molecule has 0 spiro atoms. The second-order valence-electron chi connectivity index (χ2n) is 7.58. The Morgan fingerprint density at radius 2 is 1.50 bits per heavy atom. The minimum Gasteiger partial charge on any atom is -0.385 e. The van der Waals surface area contributed by atoms with Crippen molar-refractivity contribution in [3.8, 4) is 0 Å². The monoisotopic (exact) mass is 270 g/mol. The van der Waals surface area contributed by atoms with E-state index in [1.54, 1.807) is 0 Å². The van der Waals surface area contributed by atoms with Crippen LogP contribution in [0.15, 0.2) is 24.3 Å². The summed E-state index contributed by atoms with van der Waals surface area (Å²) in [6.07, 6.45) is 8.84. The fourth-order valence-corrected chi connectivity index (χ4v) is 5.60. The fraction of sp³-hybridized carbons (Fsp3) is 0.684. The van der Waals surface area contributed by atoms with E-state index in [0.29, 0.717) is 11.8 Å². The zero-order chi connectivity index (χ0) is 13.7. The molecule has 4 bridgehead atoms. The third-order valence-corrected chi connectivity index (χ3v) is 6.34. The molecule has 1 aromatic carbocycles.